The minimum atomic E-state index is -0.290. The third-order valence-electron chi connectivity index (χ3n) is 5.66. The van der Waals surface area contributed by atoms with Crippen LogP contribution in [0, 0.1) is 13.8 Å². The van der Waals surface area contributed by atoms with Crippen molar-refractivity contribution >= 4 is 37.9 Å². The van der Waals surface area contributed by atoms with Crippen LogP contribution in [0.25, 0.3) is 33.1 Å². The second-order valence-electron chi connectivity index (χ2n) is 7.58. The lowest BCUT2D eigenvalue weighted by molar-refractivity contribution is 0.549. The summed E-state index contributed by atoms with van der Waals surface area (Å²) in [5.41, 5.74) is 6.82. The summed E-state index contributed by atoms with van der Waals surface area (Å²) in [6, 6.07) is 20.1. The Morgan fingerprint density at radius 3 is 2.40 bits per heavy atom. The highest BCUT2D eigenvalue weighted by molar-refractivity contribution is 9.10. The van der Waals surface area contributed by atoms with Crippen LogP contribution >= 0.6 is 15.9 Å². The minimum Gasteiger partial charge on any atom is -0.463 e. The van der Waals surface area contributed by atoms with Crippen LogP contribution in [-0.2, 0) is 6.42 Å². The summed E-state index contributed by atoms with van der Waals surface area (Å²) in [5, 5.41) is 1.91. The molecule has 0 atom stereocenters. The monoisotopic (exact) mass is 458 g/mol. The maximum Gasteiger partial charge on any atom is 0.340 e. The Bertz CT molecular complexity index is 1440. The van der Waals surface area contributed by atoms with Crippen LogP contribution in [-0.4, -0.2) is 0 Å². The van der Waals surface area contributed by atoms with E-state index in [1.165, 1.54) is 0 Å². The van der Waals surface area contributed by atoms with Gasteiger partial charge >= 0.3 is 5.63 Å². The summed E-state index contributed by atoms with van der Waals surface area (Å²) in [4.78, 5) is 12.8. The summed E-state index contributed by atoms with van der Waals surface area (Å²) < 4.78 is 12.9. The van der Waals surface area contributed by atoms with Crippen LogP contribution in [0.5, 0.6) is 0 Å². The van der Waals surface area contributed by atoms with Gasteiger partial charge in [0.25, 0.3) is 0 Å². The zero-order valence-electron chi connectivity index (χ0n) is 16.7. The van der Waals surface area contributed by atoms with Gasteiger partial charge in [0.05, 0.1) is 11.6 Å². The van der Waals surface area contributed by atoms with Crippen molar-refractivity contribution in [3.05, 3.63) is 104 Å². The number of halogens is 1. The number of hydrogen-bond donors (Lipinski definition) is 0. The molecule has 3 nitrogen and oxygen atoms in total. The third kappa shape index (κ3) is 3.08. The molecule has 0 aliphatic rings. The van der Waals surface area contributed by atoms with E-state index in [1.807, 2.05) is 62.4 Å². The second-order valence-corrected chi connectivity index (χ2v) is 8.50. The van der Waals surface area contributed by atoms with E-state index in [2.05, 4.69) is 28.1 Å². The van der Waals surface area contributed by atoms with Crippen LogP contribution in [0.1, 0.15) is 22.3 Å². The molecule has 2 heterocycles. The number of benzene rings is 3. The van der Waals surface area contributed by atoms with Gasteiger partial charge in [-0.15, -0.1) is 0 Å². The molecule has 0 spiro atoms. The number of hydrogen-bond acceptors (Lipinski definition) is 3. The van der Waals surface area contributed by atoms with Gasteiger partial charge in [-0.05, 0) is 54.3 Å². The number of furan rings is 1. The molecule has 5 aromatic rings. The quantitative estimate of drug-likeness (QED) is 0.269. The Morgan fingerprint density at radius 2 is 1.67 bits per heavy atom. The van der Waals surface area contributed by atoms with E-state index >= 15 is 0 Å². The Kier molecular flexibility index (Phi) is 4.59. The topological polar surface area (TPSA) is 43.4 Å². The average molecular weight is 459 g/mol. The molecule has 0 amide bonds. The first-order valence-electron chi connectivity index (χ1n) is 9.80. The Balaban J connectivity index is 1.77. The van der Waals surface area contributed by atoms with Gasteiger partial charge in [0.1, 0.15) is 11.2 Å². The average Bonchev–Trinajstić information content (AvgIpc) is 3.18. The molecule has 0 radical (unpaired) electrons. The first kappa shape index (κ1) is 18.9. The van der Waals surface area contributed by atoms with Crippen LogP contribution in [0.3, 0.4) is 0 Å². The van der Waals surface area contributed by atoms with E-state index in [1.54, 1.807) is 6.26 Å². The van der Waals surface area contributed by atoms with Crippen molar-refractivity contribution in [3.8, 4) is 11.1 Å². The van der Waals surface area contributed by atoms with Gasteiger partial charge in [-0.1, -0.05) is 58.4 Å². The van der Waals surface area contributed by atoms with Crippen molar-refractivity contribution in [1.29, 1.82) is 0 Å². The molecular weight excluding hydrogens is 440 g/mol. The summed E-state index contributed by atoms with van der Waals surface area (Å²) in [6.45, 7) is 4.00. The largest absolute Gasteiger partial charge is 0.463 e. The molecular formula is C26H19BrO3. The predicted octanol–water partition coefficient (Wildman–Crippen LogP) is 7.18. The zero-order valence-corrected chi connectivity index (χ0v) is 18.2. The van der Waals surface area contributed by atoms with Crippen molar-refractivity contribution < 1.29 is 8.83 Å². The van der Waals surface area contributed by atoms with E-state index in [-0.39, 0.29) is 5.63 Å². The molecule has 0 saturated carbocycles. The van der Waals surface area contributed by atoms with Crippen molar-refractivity contribution in [3.63, 3.8) is 0 Å². The predicted molar refractivity (Wildman–Crippen MR) is 124 cm³/mol. The molecule has 0 saturated heterocycles. The van der Waals surface area contributed by atoms with E-state index in [9.17, 15) is 4.79 Å². The highest BCUT2D eigenvalue weighted by Gasteiger charge is 2.20. The van der Waals surface area contributed by atoms with Crippen LogP contribution in [0.2, 0.25) is 0 Å². The van der Waals surface area contributed by atoms with Gasteiger partial charge in [0.15, 0.2) is 0 Å². The second kappa shape index (κ2) is 7.29. The molecule has 0 aliphatic carbocycles. The number of rotatable bonds is 3. The summed E-state index contributed by atoms with van der Waals surface area (Å²) in [7, 11) is 0. The first-order valence-corrected chi connectivity index (χ1v) is 10.6. The van der Waals surface area contributed by atoms with Crippen molar-refractivity contribution in [2.45, 2.75) is 20.3 Å². The molecule has 0 bridgehead atoms. The molecule has 2 aromatic heterocycles. The van der Waals surface area contributed by atoms with Gasteiger partial charge in [0, 0.05) is 27.4 Å². The van der Waals surface area contributed by atoms with E-state index in [0.717, 1.165) is 48.6 Å². The number of fused-ring (bicyclic) bond motifs is 3. The van der Waals surface area contributed by atoms with Gasteiger partial charge in [-0.25, -0.2) is 4.79 Å². The summed E-state index contributed by atoms with van der Waals surface area (Å²) in [6.07, 6.45) is 2.32. The van der Waals surface area contributed by atoms with Gasteiger partial charge in [-0.3, -0.25) is 0 Å². The van der Waals surface area contributed by atoms with Crippen molar-refractivity contribution in [1.82, 2.24) is 0 Å². The van der Waals surface area contributed by atoms with Gasteiger partial charge in [-0.2, -0.15) is 0 Å². The molecule has 0 aliphatic heterocycles. The van der Waals surface area contributed by atoms with E-state index < -0.39 is 0 Å². The highest BCUT2D eigenvalue weighted by Crippen LogP contribution is 2.39. The summed E-state index contributed by atoms with van der Waals surface area (Å²) >= 11 is 3.49. The molecule has 0 N–H and O–H groups in total. The maximum absolute atomic E-state index is 12.8. The molecule has 148 valence electrons. The fourth-order valence-corrected chi connectivity index (χ4v) is 4.40. The Hall–Kier alpha value is -3.11. The van der Waals surface area contributed by atoms with Crippen LogP contribution in [0.4, 0.5) is 0 Å². The van der Waals surface area contributed by atoms with Crippen molar-refractivity contribution in [2.75, 3.05) is 0 Å². The molecule has 30 heavy (non-hydrogen) atoms. The maximum atomic E-state index is 12.8. The fraction of sp³-hybridized carbons (Fsp3) is 0.115. The molecule has 4 heteroatoms. The molecule has 0 unspecified atom stereocenters. The Labute approximate surface area is 182 Å². The van der Waals surface area contributed by atoms with E-state index in [4.69, 9.17) is 8.83 Å². The SMILES string of the molecule is Cc1cc2oc(=O)c(Cc3ccccc3)c(C)c2c2occ(-c3ccc(Br)cc3)c12. The third-order valence-corrected chi connectivity index (χ3v) is 6.19. The van der Waals surface area contributed by atoms with Crippen LogP contribution in [0.15, 0.2) is 85.0 Å². The Morgan fingerprint density at radius 1 is 0.933 bits per heavy atom. The standard InChI is InChI=1S/C26H19BrO3/c1-15-12-22-24(16(2)20(26(28)30-22)13-17-6-4-3-5-7-17)25-23(15)21(14-29-25)18-8-10-19(27)11-9-18/h3-12,14H,13H2,1-2H3. The highest BCUT2D eigenvalue weighted by atomic mass is 79.9. The first-order chi connectivity index (χ1) is 14.5. The van der Waals surface area contributed by atoms with Crippen LogP contribution < -0.4 is 5.63 Å². The zero-order chi connectivity index (χ0) is 20.8. The van der Waals surface area contributed by atoms with Crippen molar-refractivity contribution in [2.24, 2.45) is 0 Å². The summed E-state index contributed by atoms with van der Waals surface area (Å²) in [5.74, 6) is 0. The minimum absolute atomic E-state index is 0.290. The molecule has 5 rings (SSSR count). The molecule has 3 aromatic carbocycles. The van der Waals surface area contributed by atoms with E-state index in [0.29, 0.717) is 17.6 Å². The van der Waals surface area contributed by atoms with Gasteiger partial charge in [0.2, 0.25) is 0 Å². The lowest BCUT2D eigenvalue weighted by Crippen LogP contribution is -2.11. The molecule has 0 fully saturated rings. The smallest absolute Gasteiger partial charge is 0.340 e. The van der Waals surface area contributed by atoms with Gasteiger partial charge < -0.3 is 8.83 Å². The fourth-order valence-electron chi connectivity index (χ4n) is 4.13. The number of aryl methyl sites for hydroxylation is 2. The normalized spacial score (nSPS) is 11.4. The lowest BCUT2D eigenvalue weighted by atomic mass is 9.95. The lowest BCUT2D eigenvalue weighted by Gasteiger charge is -2.10.